The number of hydrogen-bond acceptors (Lipinski definition) is 3. The first-order chi connectivity index (χ1) is 13.6. The highest BCUT2D eigenvalue weighted by atomic mass is 35.5. The molecule has 0 radical (unpaired) electrons. The minimum atomic E-state index is -0.405. The second kappa shape index (κ2) is 9.82. The maximum Gasteiger partial charge on any atom is 0.191 e. The van der Waals surface area contributed by atoms with E-state index in [0.29, 0.717) is 27.0 Å². The first kappa shape index (κ1) is 19.8. The van der Waals surface area contributed by atoms with E-state index in [4.69, 9.17) is 28.6 Å². The molecular weight excluding hydrogens is 397 g/mol. The lowest BCUT2D eigenvalue weighted by atomic mass is 10.2. The summed E-state index contributed by atoms with van der Waals surface area (Å²) in [5.74, 6) is 0.145. The summed E-state index contributed by atoms with van der Waals surface area (Å²) in [5.41, 5.74) is 4.63. The van der Waals surface area contributed by atoms with Crippen molar-refractivity contribution >= 4 is 40.8 Å². The highest BCUT2D eigenvalue weighted by Crippen LogP contribution is 2.23. The van der Waals surface area contributed by atoms with Crippen LogP contribution in [0.15, 0.2) is 77.9 Å². The number of halogens is 2. The average Bonchev–Trinajstić information content (AvgIpc) is 2.69. The van der Waals surface area contributed by atoms with E-state index in [1.165, 1.54) is 6.07 Å². The molecule has 142 valence electrons. The van der Waals surface area contributed by atoms with Gasteiger partial charge in [0.1, 0.15) is 18.2 Å². The molecule has 0 bridgehead atoms. The summed E-state index contributed by atoms with van der Waals surface area (Å²) >= 11 is 11.2. The molecule has 0 heterocycles. The van der Waals surface area contributed by atoms with Crippen molar-refractivity contribution in [1.82, 2.24) is 5.43 Å². The van der Waals surface area contributed by atoms with Crippen molar-refractivity contribution in [2.24, 2.45) is 5.10 Å². The number of anilines is 1. The number of thiocarbonyl (C=S) groups is 1. The number of rotatable bonds is 6. The van der Waals surface area contributed by atoms with E-state index in [1.54, 1.807) is 24.4 Å². The van der Waals surface area contributed by atoms with Crippen molar-refractivity contribution in [3.05, 3.63) is 94.8 Å². The lowest BCUT2D eigenvalue weighted by molar-refractivity contribution is 0.299. The van der Waals surface area contributed by atoms with Crippen molar-refractivity contribution in [3.63, 3.8) is 0 Å². The number of nitrogens with one attached hydrogen (secondary N) is 2. The zero-order valence-corrected chi connectivity index (χ0v) is 16.3. The Morgan fingerprint density at radius 2 is 1.79 bits per heavy atom. The smallest absolute Gasteiger partial charge is 0.191 e. The maximum absolute atomic E-state index is 13.9. The normalized spacial score (nSPS) is 10.6. The van der Waals surface area contributed by atoms with E-state index in [-0.39, 0.29) is 6.61 Å². The van der Waals surface area contributed by atoms with Crippen LogP contribution < -0.4 is 15.5 Å². The molecule has 0 saturated heterocycles. The monoisotopic (exact) mass is 413 g/mol. The van der Waals surface area contributed by atoms with Gasteiger partial charge in [0.05, 0.1) is 11.2 Å². The highest BCUT2D eigenvalue weighted by molar-refractivity contribution is 7.80. The van der Waals surface area contributed by atoms with Crippen LogP contribution in [0, 0.1) is 5.82 Å². The molecule has 0 aliphatic carbocycles. The van der Waals surface area contributed by atoms with Crippen LogP contribution in [-0.4, -0.2) is 11.3 Å². The predicted octanol–water partition coefficient (Wildman–Crippen LogP) is 5.38. The lowest BCUT2D eigenvalue weighted by Crippen LogP contribution is -2.23. The topological polar surface area (TPSA) is 45.6 Å². The van der Waals surface area contributed by atoms with Crippen LogP contribution in [0.1, 0.15) is 11.1 Å². The van der Waals surface area contributed by atoms with Gasteiger partial charge in [-0.3, -0.25) is 5.43 Å². The molecule has 0 aliphatic rings. The van der Waals surface area contributed by atoms with Crippen LogP contribution in [0.2, 0.25) is 5.02 Å². The van der Waals surface area contributed by atoms with Crippen LogP contribution in [0.5, 0.6) is 5.75 Å². The minimum Gasteiger partial charge on any atom is -0.488 e. The molecule has 0 aromatic heterocycles. The fraction of sp³-hybridized carbons (Fsp3) is 0.0476. The van der Waals surface area contributed by atoms with E-state index in [1.807, 2.05) is 48.5 Å². The zero-order chi connectivity index (χ0) is 19.8. The number of ether oxygens (including phenoxy) is 1. The third-order valence-corrected chi connectivity index (χ3v) is 4.30. The molecule has 0 unspecified atom stereocenters. The van der Waals surface area contributed by atoms with Gasteiger partial charge in [-0.1, -0.05) is 48.0 Å². The van der Waals surface area contributed by atoms with E-state index >= 15 is 0 Å². The van der Waals surface area contributed by atoms with Crippen molar-refractivity contribution in [2.75, 3.05) is 5.32 Å². The van der Waals surface area contributed by atoms with E-state index in [0.717, 1.165) is 5.69 Å². The Labute approximate surface area is 173 Å². The zero-order valence-electron chi connectivity index (χ0n) is 14.7. The number of hydrazone groups is 1. The molecule has 3 rings (SSSR count). The predicted molar refractivity (Wildman–Crippen MR) is 116 cm³/mol. The Hall–Kier alpha value is -2.96. The Kier molecular flexibility index (Phi) is 6.94. The van der Waals surface area contributed by atoms with Gasteiger partial charge >= 0.3 is 0 Å². The molecule has 0 spiro atoms. The van der Waals surface area contributed by atoms with Gasteiger partial charge in [0.2, 0.25) is 0 Å². The first-order valence-corrected chi connectivity index (χ1v) is 9.22. The van der Waals surface area contributed by atoms with Gasteiger partial charge in [-0.25, -0.2) is 4.39 Å². The van der Waals surface area contributed by atoms with Gasteiger partial charge in [-0.05, 0) is 48.6 Å². The molecule has 28 heavy (non-hydrogen) atoms. The largest absolute Gasteiger partial charge is 0.488 e. The van der Waals surface area contributed by atoms with Gasteiger partial charge in [-0.15, -0.1) is 0 Å². The molecule has 0 saturated carbocycles. The fourth-order valence-corrected chi connectivity index (χ4v) is 2.77. The first-order valence-electron chi connectivity index (χ1n) is 8.43. The average molecular weight is 414 g/mol. The third-order valence-electron chi connectivity index (χ3n) is 3.75. The number of nitrogens with zero attached hydrogens (tertiary/aromatic N) is 1. The highest BCUT2D eigenvalue weighted by Gasteiger charge is 2.09. The standard InChI is InChI=1S/C21H17ClFN3OS/c22-18-10-6-11-19(23)17(18)14-27-20-12-5-4-7-15(20)13-24-26-21(28)25-16-8-2-1-3-9-16/h1-13H,14H2,(H2,25,26,28)/b24-13+. The van der Waals surface area contributed by atoms with E-state index in [9.17, 15) is 4.39 Å². The maximum atomic E-state index is 13.9. The molecular formula is C21H17ClFN3OS. The summed E-state index contributed by atoms with van der Waals surface area (Å²) in [5, 5.41) is 7.83. The molecule has 0 amide bonds. The second-order valence-electron chi connectivity index (χ2n) is 5.72. The Morgan fingerprint density at radius 3 is 2.57 bits per heavy atom. The molecule has 0 aliphatic heterocycles. The Balaban J connectivity index is 1.62. The van der Waals surface area contributed by atoms with Crippen LogP contribution in [0.4, 0.5) is 10.1 Å². The quantitative estimate of drug-likeness (QED) is 0.323. The summed E-state index contributed by atoms with van der Waals surface area (Å²) in [6.45, 7) is 0.0117. The summed E-state index contributed by atoms with van der Waals surface area (Å²) < 4.78 is 19.6. The van der Waals surface area contributed by atoms with Crippen molar-refractivity contribution < 1.29 is 9.13 Å². The number of hydrogen-bond donors (Lipinski definition) is 2. The number of para-hydroxylation sites is 2. The molecule has 4 nitrogen and oxygen atoms in total. The van der Waals surface area contributed by atoms with Crippen LogP contribution >= 0.6 is 23.8 Å². The van der Waals surface area contributed by atoms with Gasteiger partial charge in [0, 0.05) is 16.8 Å². The van der Waals surface area contributed by atoms with Crippen molar-refractivity contribution in [2.45, 2.75) is 6.61 Å². The van der Waals surface area contributed by atoms with Crippen LogP contribution in [-0.2, 0) is 6.61 Å². The summed E-state index contributed by atoms with van der Waals surface area (Å²) in [6, 6.07) is 21.3. The molecule has 0 atom stereocenters. The van der Waals surface area contributed by atoms with Crippen molar-refractivity contribution in [3.8, 4) is 5.75 Å². The summed E-state index contributed by atoms with van der Waals surface area (Å²) in [6.07, 6.45) is 1.58. The SMILES string of the molecule is Fc1cccc(Cl)c1COc1ccccc1/C=N/NC(=S)Nc1ccccc1. The Bertz CT molecular complexity index is 962. The van der Waals surface area contributed by atoms with Gasteiger partial charge < -0.3 is 10.1 Å². The minimum absolute atomic E-state index is 0.0117. The third kappa shape index (κ3) is 5.52. The van der Waals surface area contributed by atoms with Crippen LogP contribution in [0.3, 0.4) is 0 Å². The van der Waals surface area contributed by atoms with Gasteiger partial charge in [-0.2, -0.15) is 5.10 Å². The van der Waals surface area contributed by atoms with Gasteiger partial charge in [0.25, 0.3) is 0 Å². The van der Waals surface area contributed by atoms with E-state index in [2.05, 4.69) is 15.8 Å². The van der Waals surface area contributed by atoms with Gasteiger partial charge in [0.15, 0.2) is 5.11 Å². The molecule has 7 heteroatoms. The van der Waals surface area contributed by atoms with Crippen LogP contribution in [0.25, 0.3) is 0 Å². The molecule has 3 aromatic carbocycles. The summed E-state index contributed by atoms with van der Waals surface area (Å²) in [4.78, 5) is 0. The van der Waals surface area contributed by atoms with Crippen molar-refractivity contribution in [1.29, 1.82) is 0 Å². The fourth-order valence-electron chi connectivity index (χ4n) is 2.38. The molecule has 2 N–H and O–H groups in total. The Morgan fingerprint density at radius 1 is 1.04 bits per heavy atom. The number of benzene rings is 3. The lowest BCUT2D eigenvalue weighted by Gasteiger charge is -2.11. The molecule has 3 aromatic rings. The van der Waals surface area contributed by atoms with E-state index < -0.39 is 5.82 Å². The molecule has 0 fully saturated rings. The summed E-state index contributed by atoms with van der Waals surface area (Å²) in [7, 11) is 0. The second-order valence-corrected chi connectivity index (χ2v) is 6.53.